The van der Waals surface area contributed by atoms with E-state index in [-0.39, 0.29) is 5.78 Å². The Labute approximate surface area is 170 Å². The van der Waals surface area contributed by atoms with Gasteiger partial charge in [-0.25, -0.2) is 4.98 Å². The molecule has 1 saturated heterocycles. The number of para-hydroxylation sites is 1. The Kier molecular flexibility index (Phi) is 5.74. The van der Waals surface area contributed by atoms with Crippen LogP contribution in [0.2, 0.25) is 0 Å². The number of piperidine rings is 1. The monoisotopic (exact) mass is 394 g/mol. The molecule has 0 saturated carbocycles. The average Bonchev–Trinajstić information content (AvgIpc) is 3.14. The summed E-state index contributed by atoms with van der Waals surface area (Å²) in [5.41, 5.74) is 2.95. The number of nitrogens with zero attached hydrogens (tertiary/aromatic N) is 2. The molecule has 0 aliphatic carbocycles. The van der Waals surface area contributed by atoms with Gasteiger partial charge in [-0.15, -0.1) is 11.3 Å². The molecule has 0 amide bonds. The van der Waals surface area contributed by atoms with E-state index in [4.69, 9.17) is 9.72 Å². The van der Waals surface area contributed by atoms with Crippen LogP contribution in [0.4, 0.5) is 0 Å². The Morgan fingerprint density at radius 2 is 2.14 bits per heavy atom. The normalized spacial score (nSPS) is 17.7. The maximum atomic E-state index is 11.8. The van der Waals surface area contributed by atoms with E-state index >= 15 is 0 Å². The zero-order valence-electron chi connectivity index (χ0n) is 16.5. The Balaban J connectivity index is 1.53. The van der Waals surface area contributed by atoms with E-state index in [9.17, 15) is 4.79 Å². The largest absolute Gasteiger partial charge is 0.494 e. The van der Waals surface area contributed by atoms with Crippen LogP contribution in [-0.2, 0) is 6.54 Å². The molecular weight excluding hydrogens is 368 g/mol. The molecule has 3 aromatic rings. The highest BCUT2D eigenvalue weighted by molar-refractivity contribution is 7.18. The fourth-order valence-corrected chi connectivity index (χ4v) is 5.02. The van der Waals surface area contributed by atoms with Crippen molar-refractivity contribution in [3.8, 4) is 5.75 Å². The van der Waals surface area contributed by atoms with Crippen LogP contribution in [0.5, 0.6) is 5.75 Å². The number of Topliss-reactive ketones (excluding diaryl/α,β-unsaturated/α-hetero) is 1. The Bertz CT molecular complexity index is 949. The second-order valence-corrected chi connectivity index (χ2v) is 8.47. The van der Waals surface area contributed by atoms with Crippen LogP contribution < -0.4 is 4.74 Å². The molecule has 5 heteroatoms. The van der Waals surface area contributed by atoms with E-state index in [1.807, 2.05) is 36.5 Å². The molecule has 1 atom stereocenters. The van der Waals surface area contributed by atoms with Gasteiger partial charge in [-0.05, 0) is 63.6 Å². The molecule has 1 aliphatic heterocycles. The topological polar surface area (TPSA) is 42.4 Å². The second-order valence-electron chi connectivity index (χ2n) is 7.41. The van der Waals surface area contributed by atoms with Gasteiger partial charge in [0.1, 0.15) is 5.75 Å². The standard InChI is InChI=1S/C23H26N2O2S/c1-3-27-21-11-10-17(16(2)26)13-19(21)15-25-12-6-7-18(14-25)23-24-20-8-4-5-9-22(20)28-23/h4-5,8-11,13,18H,3,6-7,12,14-15H2,1-2H3/t18-/m0/s1. The summed E-state index contributed by atoms with van der Waals surface area (Å²) in [4.78, 5) is 19.2. The summed E-state index contributed by atoms with van der Waals surface area (Å²) in [6.45, 7) is 7.10. The molecule has 0 N–H and O–H groups in total. The van der Waals surface area contributed by atoms with E-state index in [0.29, 0.717) is 12.5 Å². The van der Waals surface area contributed by atoms with Crippen molar-refractivity contribution in [3.63, 3.8) is 0 Å². The third-order valence-corrected chi connectivity index (χ3v) is 6.52. The van der Waals surface area contributed by atoms with Crippen LogP contribution in [0.15, 0.2) is 42.5 Å². The first-order valence-electron chi connectivity index (χ1n) is 9.98. The molecule has 0 bridgehead atoms. The quantitative estimate of drug-likeness (QED) is 0.534. The zero-order chi connectivity index (χ0) is 19.5. The number of carbonyl (C=O) groups is 1. The molecule has 2 aromatic carbocycles. The molecule has 146 valence electrons. The van der Waals surface area contributed by atoms with Gasteiger partial charge < -0.3 is 4.74 Å². The minimum absolute atomic E-state index is 0.0929. The zero-order valence-corrected chi connectivity index (χ0v) is 17.3. The van der Waals surface area contributed by atoms with Gasteiger partial charge in [0.05, 0.1) is 21.8 Å². The molecule has 1 aliphatic rings. The van der Waals surface area contributed by atoms with Gasteiger partial charge in [-0.2, -0.15) is 0 Å². The maximum Gasteiger partial charge on any atom is 0.159 e. The van der Waals surface area contributed by atoms with Gasteiger partial charge >= 0.3 is 0 Å². The number of rotatable bonds is 6. The van der Waals surface area contributed by atoms with Crippen molar-refractivity contribution in [3.05, 3.63) is 58.6 Å². The highest BCUT2D eigenvalue weighted by Gasteiger charge is 2.25. The Morgan fingerprint density at radius 3 is 2.93 bits per heavy atom. The number of benzene rings is 2. The molecular formula is C23H26N2O2S. The second kappa shape index (κ2) is 8.41. The van der Waals surface area contributed by atoms with Gasteiger partial charge in [0, 0.05) is 30.1 Å². The summed E-state index contributed by atoms with van der Waals surface area (Å²) in [5, 5.41) is 1.24. The van der Waals surface area contributed by atoms with E-state index in [1.54, 1.807) is 6.92 Å². The third-order valence-electron chi connectivity index (χ3n) is 5.33. The molecule has 2 heterocycles. The van der Waals surface area contributed by atoms with Gasteiger partial charge in [-0.1, -0.05) is 12.1 Å². The number of ether oxygens (including phenoxy) is 1. The third kappa shape index (κ3) is 4.10. The van der Waals surface area contributed by atoms with Crippen LogP contribution >= 0.6 is 11.3 Å². The van der Waals surface area contributed by atoms with Crippen molar-refractivity contribution in [2.45, 2.75) is 39.2 Å². The first kappa shape index (κ1) is 19.1. The Morgan fingerprint density at radius 1 is 1.29 bits per heavy atom. The van der Waals surface area contributed by atoms with Gasteiger partial charge in [0.2, 0.25) is 0 Å². The van der Waals surface area contributed by atoms with E-state index in [2.05, 4.69) is 29.2 Å². The number of aromatic nitrogens is 1. The summed E-state index contributed by atoms with van der Waals surface area (Å²) < 4.78 is 7.08. The lowest BCUT2D eigenvalue weighted by Crippen LogP contribution is -2.34. The van der Waals surface area contributed by atoms with Gasteiger partial charge in [0.25, 0.3) is 0 Å². The highest BCUT2D eigenvalue weighted by atomic mass is 32.1. The lowest BCUT2D eigenvalue weighted by Gasteiger charge is -2.32. The first-order valence-corrected chi connectivity index (χ1v) is 10.8. The molecule has 0 radical (unpaired) electrons. The van der Waals surface area contributed by atoms with Crippen LogP contribution in [-0.4, -0.2) is 35.4 Å². The number of hydrogen-bond acceptors (Lipinski definition) is 5. The number of thiazole rings is 1. The van der Waals surface area contributed by atoms with Crippen LogP contribution in [0.3, 0.4) is 0 Å². The minimum Gasteiger partial charge on any atom is -0.494 e. The number of ketones is 1. The average molecular weight is 395 g/mol. The summed E-state index contributed by atoms with van der Waals surface area (Å²) in [7, 11) is 0. The number of likely N-dealkylation sites (tertiary alicyclic amines) is 1. The summed E-state index contributed by atoms with van der Waals surface area (Å²) in [5.74, 6) is 1.45. The van der Waals surface area contributed by atoms with E-state index < -0.39 is 0 Å². The minimum atomic E-state index is 0.0929. The number of hydrogen-bond donors (Lipinski definition) is 0. The van der Waals surface area contributed by atoms with Crippen molar-refractivity contribution in [1.82, 2.24) is 9.88 Å². The first-order chi connectivity index (χ1) is 13.6. The fraction of sp³-hybridized carbons (Fsp3) is 0.391. The van der Waals surface area contributed by atoms with E-state index in [1.165, 1.54) is 16.1 Å². The molecule has 1 aromatic heterocycles. The Hall–Kier alpha value is -2.24. The predicted molar refractivity (Wildman–Crippen MR) is 114 cm³/mol. The smallest absolute Gasteiger partial charge is 0.159 e. The van der Waals surface area contributed by atoms with Crippen molar-refractivity contribution in [1.29, 1.82) is 0 Å². The summed E-state index contributed by atoms with van der Waals surface area (Å²) in [6, 6.07) is 14.2. The summed E-state index contributed by atoms with van der Waals surface area (Å²) >= 11 is 1.82. The fourth-order valence-electron chi connectivity index (χ4n) is 3.92. The van der Waals surface area contributed by atoms with Gasteiger partial charge in [-0.3, -0.25) is 9.69 Å². The SMILES string of the molecule is CCOc1ccc(C(C)=O)cc1CN1CCC[C@H](c2nc3ccccc3s2)C1. The lowest BCUT2D eigenvalue weighted by molar-refractivity contribution is 0.101. The van der Waals surface area contributed by atoms with E-state index in [0.717, 1.165) is 48.4 Å². The van der Waals surface area contributed by atoms with Crippen LogP contribution in [0.25, 0.3) is 10.2 Å². The molecule has 4 nitrogen and oxygen atoms in total. The van der Waals surface area contributed by atoms with Crippen LogP contribution in [0.1, 0.15) is 53.5 Å². The molecule has 0 spiro atoms. The van der Waals surface area contributed by atoms with Crippen molar-refractivity contribution in [2.24, 2.45) is 0 Å². The van der Waals surface area contributed by atoms with Crippen molar-refractivity contribution in [2.75, 3.05) is 19.7 Å². The summed E-state index contributed by atoms with van der Waals surface area (Å²) in [6.07, 6.45) is 2.35. The molecule has 4 rings (SSSR count). The van der Waals surface area contributed by atoms with Crippen molar-refractivity contribution < 1.29 is 9.53 Å². The van der Waals surface area contributed by atoms with Gasteiger partial charge in [0.15, 0.2) is 5.78 Å². The number of carbonyl (C=O) groups excluding carboxylic acids is 1. The van der Waals surface area contributed by atoms with Crippen molar-refractivity contribution >= 4 is 27.3 Å². The molecule has 0 unspecified atom stereocenters. The molecule has 28 heavy (non-hydrogen) atoms. The predicted octanol–water partition coefficient (Wildman–Crippen LogP) is 5.28. The highest BCUT2D eigenvalue weighted by Crippen LogP contribution is 2.34. The molecule has 1 fully saturated rings. The lowest BCUT2D eigenvalue weighted by atomic mass is 9.97. The maximum absolute atomic E-state index is 11.8. The van der Waals surface area contributed by atoms with Crippen LogP contribution in [0, 0.1) is 0 Å². The number of fused-ring (bicyclic) bond motifs is 1.